The van der Waals surface area contributed by atoms with Crippen LogP contribution >= 0.6 is 0 Å². The van der Waals surface area contributed by atoms with E-state index in [0.29, 0.717) is 5.41 Å². The normalized spacial score (nSPS) is 24.6. The molecule has 178 valence electrons. The quantitative estimate of drug-likeness (QED) is 0.743. The van der Waals surface area contributed by atoms with Gasteiger partial charge in [-0.15, -0.1) is 0 Å². The Balaban J connectivity index is 1.05. The molecule has 2 saturated carbocycles. The molecule has 1 N–H and O–H groups in total. The fraction of sp³-hybridized carbons (Fsp3) is 0.552. The van der Waals surface area contributed by atoms with Crippen molar-refractivity contribution in [1.29, 1.82) is 0 Å². The van der Waals surface area contributed by atoms with Crippen LogP contribution in [-0.2, 0) is 6.42 Å². The lowest BCUT2D eigenvalue weighted by molar-refractivity contribution is -0.124. The SMILES string of the molecule is Cc1cc2c(c(-c3ccc(N4CCN(C5CC5)CC4)cc3)n1)C=C(CN1CC3(CC(O)C3)C1)C2. The fourth-order valence-electron chi connectivity index (χ4n) is 6.99. The smallest absolute Gasteiger partial charge is 0.0780 e. The van der Waals surface area contributed by atoms with Gasteiger partial charge in [0.05, 0.1) is 11.8 Å². The lowest BCUT2D eigenvalue weighted by atomic mass is 9.62. The third kappa shape index (κ3) is 3.78. The van der Waals surface area contributed by atoms with Crippen molar-refractivity contribution in [3.8, 4) is 11.3 Å². The molecule has 0 amide bonds. The molecular formula is C29H36N4O. The van der Waals surface area contributed by atoms with Crippen molar-refractivity contribution < 1.29 is 5.11 Å². The second-order valence-electron chi connectivity index (χ2n) is 11.7. The van der Waals surface area contributed by atoms with Gasteiger partial charge in [0.1, 0.15) is 0 Å². The maximum Gasteiger partial charge on any atom is 0.0780 e. The van der Waals surface area contributed by atoms with Gasteiger partial charge in [0.15, 0.2) is 0 Å². The predicted octanol–water partition coefficient (Wildman–Crippen LogP) is 3.74. The van der Waals surface area contributed by atoms with Crippen LogP contribution in [0.25, 0.3) is 17.3 Å². The molecule has 0 bridgehead atoms. The van der Waals surface area contributed by atoms with Gasteiger partial charge in [0, 0.05) is 79.8 Å². The first-order valence-corrected chi connectivity index (χ1v) is 13.2. The number of aromatic nitrogens is 1. The van der Waals surface area contributed by atoms with E-state index in [1.165, 1.54) is 53.9 Å². The summed E-state index contributed by atoms with van der Waals surface area (Å²) in [6.07, 6.45) is 8.21. The number of aliphatic hydroxyl groups excluding tert-OH is 1. The number of aryl methyl sites for hydroxylation is 1. The molecule has 0 unspecified atom stereocenters. The molecule has 5 nitrogen and oxygen atoms in total. The monoisotopic (exact) mass is 456 g/mol. The highest BCUT2D eigenvalue weighted by Crippen LogP contribution is 2.48. The van der Waals surface area contributed by atoms with Crippen molar-refractivity contribution in [3.05, 3.63) is 52.7 Å². The van der Waals surface area contributed by atoms with E-state index in [0.717, 1.165) is 69.4 Å². The van der Waals surface area contributed by atoms with Crippen LogP contribution in [0.2, 0.25) is 0 Å². The summed E-state index contributed by atoms with van der Waals surface area (Å²) in [5.41, 5.74) is 9.49. The summed E-state index contributed by atoms with van der Waals surface area (Å²) in [4.78, 5) is 12.8. The summed E-state index contributed by atoms with van der Waals surface area (Å²) in [5.74, 6) is 0. The molecular weight excluding hydrogens is 420 g/mol. The van der Waals surface area contributed by atoms with Crippen LogP contribution in [0, 0.1) is 12.3 Å². The van der Waals surface area contributed by atoms with Crippen LogP contribution in [0.15, 0.2) is 35.9 Å². The summed E-state index contributed by atoms with van der Waals surface area (Å²) in [5, 5.41) is 9.68. The highest BCUT2D eigenvalue weighted by molar-refractivity contribution is 5.79. The summed E-state index contributed by atoms with van der Waals surface area (Å²) >= 11 is 0. The standard InChI is InChI=1S/C29H36N4O/c1-20-12-23-13-21(17-31-18-29(19-31)15-26(34)16-29)14-27(23)28(30-20)22-2-4-24(5-3-22)32-8-10-33(11-9-32)25-6-7-25/h2-5,12,14,25-26,34H,6-11,13,15-19H2,1H3. The van der Waals surface area contributed by atoms with Gasteiger partial charge >= 0.3 is 0 Å². The number of pyridine rings is 1. The van der Waals surface area contributed by atoms with Gasteiger partial charge in [0.25, 0.3) is 0 Å². The number of aliphatic hydroxyl groups is 1. The van der Waals surface area contributed by atoms with Gasteiger partial charge in [-0.1, -0.05) is 23.8 Å². The first kappa shape index (κ1) is 21.1. The van der Waals surface area contributed by atoms with E-state index in [-0.39, 0.29) is 6.10 Å². The molecule has 2 aromatic rings. The highest BCUT2D eigenvalue weighted by atomic mass is 16.3. The molecule has 3 heterocycles. The number of rotatable bonds is 5. The van der Waals surface area contributed by atoms with E-state index in [4.69, 9.17) is 4.98 Å². The Kier molecular flexibility index (Phi) is 4.91. The summed E-state index contributed by atoms with van der Waals surface area (Å²) in [7, 11) is 0. The number of anilines is 1. The number of hydrogen-bond acceptors (Lipinski definition) is 5. The minimum atomic E-state index is -0.0487. The van der Waals surface area contributed by atoms with Gasteiger partial charge in [-0.2, -0.15) is 0 Å². The van der Waals surface area contributed by atoms with E-state index in [1.54, 1.807) is 0 Å². The van der Waals surface area contributed by atoms with Gasteiger partial charge in [-0.25, -0.2) is 0 Å². The Labute approximate surface area is 203 Å². The van der Waals surface area contributed by atoms with Crippen molar-refractivity contribution >= 4 is 11.8 Å². The van der Waals surface area contributed by atoms with Gasteiger partial charge in [0.2, 0.25) is 0 Å². The van der Waals surface area contributed by atoms with E-state index in [2.05, 4.69) is 58.0 Å². The van der Waals surface area contributed by atoms with Crippen LogP contribution in [-0.4, -0.2) is 77.8 Å². The third-order valence-corrected chi connectivity index (χ3v) is 8.80. The average molecular weight is 457 g/mol. The summed E-state index contributed by atoms with van der Waals surface area (Å²) in [6, 6.07) is 12.3. The Hall–Kier alpha value is -2.21. The molecule has 0 atom stereocenters. The minimum Gasteiger partial charge on any atom is -0.393 e. The Morgan fingerprint density at radius 1 is 1.03 bits per heavy atom. The topological polar surface area (TPSA) is 42.8 Å². The number of hydrogen-bond donors (Lipinski definition) is 1. The molecule has 4 fully saturated rings. The van der Waals surface area contributed by atoms with E-state index >= 15 is 0 Å². The molecule has 3 aliphatic carbocycles. The average Bonchev–Trinajstić information content (AvgIpc) is 3.57. The van der Waals surface area contributed by atoms with Crippen molar-refractivity contribution in [2.75, 3.05) is 50.7 Å². The second kappa shape index (κ2) is 7.91. The van der Waals surface area contributed by atoms with Gasteiger partial charge in [-0.05, 0) is 62.8 Å². The molecule has 2 saturated heterocycles. The van der Waals surface area contributed by atoms with E-state index < -0.39 is 0 Å². The van der Waals surface area contributed by atoms with Gasteiger partial charge in [-0.3, -0.25) is 14.8 Å². The van der Waals surface area contributed by atoms with Crippen LogP contribution in [0.4, 0.5) is 5.69 Å². The molecule has 1 aromatic heterocycles. The van der Waals surface area contributed by atoms with Crippen molar-refractivity contribution in [3.63, 3.8) is 0 Å². The van der Waals surface area contributed by atoms with Crippen LogP contribution in [0.1, 0.15) is 42.5 Å². The predicted molar refractivity (Wildman–Crippen MR) is 137 cm³/mol. The zero-order valence-electron chi connectivity index (χ0n) is 20.3. The maximum atomic E-state index is 9.68. The van der Waals surface area contributed by atoms with Crippen molar-refractivity contribution in [2.24, 2.45) is 5.41 Å². The van der Waals surface area contributed by atoms with Gasteiger partial charge < -0.3 is 10.0 Å². The largest absolute Gasteiger partial charge is 0.393 e. The van der Waals surface area contributed by atoms with E-state index in [9.17, 15) is 5.11 Å². The number of fused-ring (bicyclic) bond motifs is 1. The molecule has 0 radical (unpaired) electrons. The summed E-state index contributed by atoms with van der Waals surface area (Å²) in [6.45, 7) is 10.1. The lowest BCUT2D eigenvalue weighted by Crippen LogP contribution is -2.63. The maximum absolute atomic E-state index is 9.68. The minimum absolute atomic E-state index is 0.0487. The zero-order chi connectivity index (χ0) is 22.9. The number of nitrogens with zero attached hydrogens (tertiary/aromatic N) is 4. The molecule has 2 aliphatic heterocycles. The molecule has 1 aromatic carbocycles. The lowest BCUT2D eigenvalue weighted by Gasteiger charge is -2.58. The molecule has 7 rings (SSSR count). The number of likely N-dealkylation sites (tertiary alicyclic amines) is 1. The Bertz CT molecular complexity index is 1110. The fourth-order valence-corrected chi connectivity index (χ4v) is 6.99. The first-order valence-electron chi connectivity index (χ1n) is 13.2. The Morgan fingerprint density at radius 3 is 2.44 bits per heavy atom. The Morgan fingerprint density at radius 2 is 1.76 bits per heavy atom. The van der Waals surface area contributed by atoms with Crippen LogP contribution in [0.3, 0.4) is 0 Å². The molecule has 1 spiro atoms. The van der Waals surface area contributed by atoms with Crippen molar-refractivity contribution in [2.45, 2.75) is 51.2 Å². The first-order chi connectivity index (χ1) is 16.5. The van der Waals surface area contributed by atoms with Crippen molar-refractivity contribution in [1.82, 2.24) is 14.8 Å². The molecule has 5 heteroatoms. The highest BCUT2D eigenvalue weighted by Gasteiger charge is 2.51. The van der Waals surface area contributed by atoms with Crippen LogP contribution < -0.4 is 4.90 Å². The summed E-state index contributed by atoms with van der Waals surface area (Å²) < 4.78 is 0. The van der Waals surface area contributed by atoms with E-state index in [1.807, 2.05) is 0 Å². The number of piperazine rings is 1. The molecule has 34 heavy (non-hydrogen) atoms. The second-order valence-corrected chi connectivity index (χ2v) is 11.7. The van der Waals surface area contributed by atoms with Crippen LogP contribution in [0.5, 0.6) is 0 Å². The third-order valence-electron chi connectivity index (χ3n) is 8.80. The number of benzene rings is 1. The molecule has 5 aliphatic rings. The zero-order valence-corrected chi connectivity index (χ0v) is 20.3.